The van der Waals surface area contributed by atoms with Gasteiger partial charge in [0.25, 0.3) is 0 Å². The van der Waals surface area contributed by atoms with E-state index in [1.54, 1.807) is 0 Å². The lowest BCUT2D eigenvalue weighted by Crippen LogP contribution is -2.47. The van der Waals surface area contributed by atoms with Gasteiger partial charge >= 0.3 is 0 Å². The van der Waals surface area contributed by atoms with Gasteiger partial charge < -0.3 is 16.6 Å². The van der Waals surface area contributed by atoms with Crippen LogP contribution in [0.2, 0.25) is 0 Å². The summed E-state index contributed by atoms with van der Waals surface area (Å²) in [7, 11) is 0. The topological polar surface area (TPSA) is 72.3 Å². The summed E-state index contributed by atoms with van der Waals surface area (Å²) in [5, 5.41) is 8.76. The number of aliphatic hydroxyl groups excluding tert-OH is 1. The number of nitrogens with two attached hydrogens (primary N) is 2. The van der Waals surface area contributed by atoms with Crippen molar-refractivity contribution in [1.29, 1.82) is 0 Å². The van der Waals surface area contributed by atoms with Crippen LogP contribution in [0.15, 0.2) is 0 Å². The zero-order chi connectivity index (χ0) is 8.27. The Bertz CT molecular complexity index is 113. The van der Waals surface area contributed by atoms with E-state index in [2.05, 4.69) is 0 Å². The van der Waals surface area contributed by atoms with Crippen LogP contribution in [0.4, 0.5) is 0 Å². The highest BCUT2D eigenvalue weighted by Gasteiger charge is 2.25. The van der Waals surface area contributed by atoms with Crippen LogP contribution in [-0.2, 0) is 0 Å². The molecule has 0 radical (unpaired) electrons. The van der Waals surface area contributed by atoms with E-state index in [4.69, 9.17) is 16.6 Å². The first-order chi connectivity index (χ1) is 5.25. The minimum absolute atomic E-state index is 0.00231. The molecule has 0 aromatic carbocycles. The highest BCUT2D eigenvalue weighted by molar-refractivity contribution is 4.85. The molecule has 1 fully saturated rings. The lowest BCUT2D eigenvalue weighted by atomic mass is 9.93. The van der Waals surface area contributed by atoms with Gasteiger partial charge in [-0.1, -0.05) is 12.8 Å². The second-order valence-electron chi connectivity index (χ2n) is 3.47. The molecule has 5 N–H and O–H groups in total. The molecule has 0 heterocycles. The van der Waals surface area contributed by atoms with Crippen LogP contribution in [0.25, 0.3) is 0 Å². The molecule has 2 unspecified atom stereocenters. The first kappa shape index (κ1) is 8.97. The second kappa shape index (κ2) is 4.04. The molecule has 0 spiro atoms. The van der Waals surface area contributed by atoms with Crippen molar-refractivity contribution in [3.8, 4) is 0 Å². The van der Waals surface area contributed by atoms with Gasteiger partial charge in [-0.3, -0.25) is 0 Å². The molecule has 3 nitrogen and oxygen atoms in total. The maximum atomic E-state index is 8.76. The van der Waals surface area contributed by atoms with Crippen LogP contribution < -0.4 is 11.5 Å². The summed E-state index contributed by atoms with van der Waals surface area (Å²) in [6.45, 7) is 0.0116. The average Bonchev–Trinajstić information content (AvgIpc) is 2.53. The molecule has 0 bridgehead atoms. The molecule has 1 aliphatic carbocycles. The fraction of sp³-hybridized carbons (Fsp3) is 1.00. The summed E-state index contributed by atoms with van der Waals surface area (Å²) >= 11 is 0. The van der Waals surface area contributed by atoms with Gasteiger partial charge in [-0.05, 0) is 18.8 Å². The van der Waals surface area contributed by atoms with Gasteiger partial charge in [-0.15, -0.1) is 0 Å². The van der Waals surface area contributed by atoms with Gasteiger partial charge in [0.2, 0.25) is 0 Å². The Labute approximate surface area is 67.8 Å². The number of rotatable bonds is 3. The normalized spacial score (nSPS) is 25.4. The van der Waals surface area contributed by atoms with Crippen LogP contribution in [0, 0.1) is 5.92 Å². The molecule has 11 heavy (non-hydrogen) atoms. The molecule has 0 aliphatic heterocycles. The Morgan fingerprint density at radius 2 is 1.82 bits per heavy atom. The Kier molecular flexibility index (Phi) is 3.30. The van der Waals surface area contributed by atoms with E-state index in [0.29, 0.717) is 5.92 Å². The van der Waals surface area contributed by atoms with Crippen molar-refractivity contribution in [2.45, 2.75) is 37.8 Å². The zero-order valence-electron chi connectivity index (χ0n) is 6.87. The van der Waals surface area contributed by atoms with Crippen LogP contribution in [0.3, 0.4) is 0 Å². The smallest absolute Gasteiger partial charge is 0.0597 e. The van der Waals surface area contributed by atoms with E-state index in [9.17, 15) is 0 Å². The van der Waals surface area contributed by atoms with Gasteiger partial charge in [0.15, 0.2) is 0 Å². The van der Waals surface area contributed by atoms with E-state index < -0.39 is 0 Å². The summed E-state index contributed by atoms with van der Waals surface area (Å²) in [4.78, 5) is 0. The molecule has 66 valence electrons. The van der Waals surface area contributed by atoms with Crippen molar-refractivity contribution in [2.75, 3.05) is 6.61 Å². The van der Waals surface area contributed by atoms with Crippen molar-refractivity contribution in [3.63, 3.8) is 0 Å². The van der Waals surface area contributed by atoms with Crippen molar-refractivity contribution in [2.24, 2.45) is 17.4 Å². The Balaban J connectivity index is 2.32. The largest absolute Gasteiger partial charge is 0.395 e. The molecule has 1 saturated carbocycles. The van der Waals surface area contributed by atoms with Crippen molar-refractivity contribution in [3.05, 3.63) is 0 Å². The first-order valence-corrected chi connectivity index (χ1v) is 4.37. The molecule has 2 atom stereocenters. The quantitative estimate of drug-likeness (QED) is 0.533. The molecule has 0 aromatic rings. The molecule has 1 rings (SSSR count). The zero-order valence-corrected chi connectivity index (χ0v) is 6.87. The summed E-state index contributed by atoms with van der Waals surface area (Å²) < 4.78 is 0. The summed E-state index contributed by atoms with van der Waals surface area (Å²) in [6.07, 6.45) is 4.93. The number of hydrogen-bond acceptors (Lipinski definition) is 3. The monoisotopic (exact) mass is 158 g/mol. The van der Waals surface area contributed by atoms with E-state index in [-0.39, 0.29) is 18.7 Å². The third kappa shape index (κ3) is 2.15. The molecular weight excluding hydrogens is 140 g/mol. The number of hydrogen-bond donors (Lipinski definition) is 3. The highest BCUT2D eigenvalue weighted by atomic mass is 16.3. The second-order valence-corrected chi connectivity index (χ2v) is 3.47. The van der Waals surface area contributed by atoms with Crippen molar-refractivity contribution < 1.29 is 5.11 Å². The maximum absolute atomic E-state index is 8.76. The van der Waals surface area contributed by atoms with Crippen molar-refractivity contribution in [1.82, 2.24) is 0 Å². The van der Waals surface area contributed by atoms with E-state index in [1.165, 1.54) is 25.7 Å². The van der Waals surface area contributed by atoms with E-state index in [1.807, 2.05) is 0 Å². The SMILES string of the molecule is NC(CO)C(N)C1CCCC1. The minimum atomic E-state index is -0.224. The molecular formula is C8H18N2O. The third-order valence-corrected chi connectivity index (χ3v) is 2.65. The summed E-state index contributed by atoms with van der Waals surface area (Å²) in [5.41, 5.74) is 11.5. The minimum Gasteiger partial charge on any atom is -0.395 e. The molecule has 1 aliphatic rings. The highest BCUT2D eigenvalue weighted by Crippen LogP contribution is 2.27. The van der Waals surface area contributed by atoms with Gasteiger partial charge in [0.1, 0.15) is 0 Å². The Hall–Kier alpha value is -0.120. The van der Waals surface area contributed by atoms with Gasteiger partial charge in [-0.25, -0.2) is 0 Å². The van der Waals surface area contributed by atoms with Crippen molar-refractivity contribution >= 4 is 0 Å². The van der Waals surface area contributed by atoms with Crippen LogP contribution in [-0.4, -0.2) is 23.8 Å². The summed E-state index contributed by atoms with van der Waals surface area (Å²) in [5.74, 6) is 0.553. The van der Waals surface area contributed by atoms with Crippen LogP contribution >= 0.6 is 0 Å². The van der Waals surface area contributed by atoms with Crippen LogP contribution in [0.5, 0.6) is 0 Å². The molecule has 0 saturated heterocycles. The van der Waals surface area contributed by atoms with E-state index in [0.717, 1.165) is 0 Å². The third-order valence-electron chi connectivity index (χ3n) is 2.65. The number of aliphatic hydroxyl groups is 1. The van der Waals surface area contributed by atoms with E-state index >= 15 is 0 Å². The standard InChI is InChI=1S/C8H18N2O/c9-7(5-11)8(10)6-3-1-2-4-6/h6-8,11H,1-5,9-10H2. The first-order valence-electron chi connectivity index (χ1n) is 4.37. The summed E-state index contributed by atoms with van der Waals surface area (Å²) in [6, 6.07) is -0.222. The molecule has 0 amide bonds. The lowest BCUT2D eigenvalue weighted by molar-refractivity contribution is 0.226. The maximum Gasteiger partial charge on any atom is 0.0597 e. The average molecular weight is 158 g/mol. The van der Waals surface area contributed by atoms with Gasteiger partial charge in [-0.2, -0.15) is 0 Å². The van der Waals surface area contributed by atoms with Gasteiger partial charge in [0, 0.05) is 12.1 Å². The predicted octanol–water partition coefficient (Wildman–Crippen LogP) is -0.177. The fourth-order valence-corrected chi connectivity index (χ4v) is 1.81. The lowest BCUT2D eigenvalue weighted by Gasteiger charge is -2.23. The Morgan fingerprint density at radius 1 is 1.27 bits per heavy atom. The van der Waals surface area contributed by atoms with Crippen LogP contribution in [0.1, 0.15) is 25.7 Å². The predicted molar refractivity (Wildman–Crippen MR) is 45.0 cm³/mol. The Morgan fingerprint density at radius 3 is 2.27 bits per heavy atom. The van der Waals surface area contributed by atoms with Gasteiger partial charge in [0.05, 0.1) is 6.61 Å². The molecule has 0 aromatic heterocycles. The molecule has 3 heteroatoms. The fourth-order valence-electron chi connectivity index (χ4n) is 1.81.